The standard InChI is InChI=1S/2H3N.4H2O4S.2H2O.2Pt/c;;4*1-5(2,3)4;;;;/h2*1H3;4*(H2,1,2,3,4);2*1H2;;/p-6. The van der Waals surface area contributed by atoms with E-state index in [0.717, 1.165) is 0 Å². The summed E-state index contributed by atoms with van der Waals surface area (Å²) in [6.07, 6.45) is 0. The summed E-state index contributed by atoms with van der Waals surface area (Å²) in [6.45, 7) is 0. The van der Waals surface area contributed by atoms with Gasteiger partial charge in [-0.2, -0.15) is 0 Å². The third-order valence-corrected chi connectivity index (χ3v) is 0. The quantitative estimate of drug-likeness (QED) is 0.169. The first kappa shape index (κ1) is 63.2. The van der Waals surface area contributed by atoms with Gasteiger partial charge in [0.05, 0.1) is 0 Å². The van der Waals surface area contributed by atoms with Crippen molar-refractivity contribution in [2.75, 3.05) is 0 Å². The van der Waals surface area contributed by atoms with Crippen molar-refractivity contribution < 1.29 is 123 Å². The summed E-state index contributed by atoms with van der Waals surface area (Å²) in [7, 11) is -20.7. The zero-order valence-corrected chi connectivity index (χ0v) is 19.6. The Hall–Kier alpha value is 0.697. The first-order valence-corrected chi connectivity index (χ1v) is 8.00. The molecule has 180 valence electrons. The van der Waals surface area contributed by atoms with Crippen LogP contribution in [0.15, 0.2) is 0 Å². The molecule has 0 aliphatic rings. The Bertz CT molecular complexity index is 488. The zero-order chi connectivity index (χ0) is 18.0. The van der Waals surface area contributed by atoms with Gasteiger partial charge in [-0.25, -0.2) is 0 Å². The van der Waals surface area contributed by atoms with Crippen LogP contribution in [0.4, 0.5) is 0 Å². The van der Waals surface area contributed by atoms with E-state index < -0.39 is 41.6 Å². The molecule has 0 unspecified atom stereocenters. The summed E-state index contributed by atoms with van der Waals surface area (Å²) < 4.78 is 136. The molecule has 0 heterocycles. The summed E-state index contributed by atoms with van der Waals surface area (Å²) in [4.78, 5) is 0. The smallest absolute Gasteiger partial charge is 0.0311 e. The Morgan fingerprint density at radius 1 is 0.346 bits per heavy atom. The van der Waals surface area contributed by atoms with Crippen LogP contribution in [0, 0.1) is 0 Å². The minimum Gasteiger partial charge on any atom is -0.759 e. The maximum Gasteiger partial charge on any atom is 0.0311 e. The van der Waals surface area contributed by atoms with Crippen molar-refractivity contribution in [3.63, 3.8) is 0 Å². The van der Waals surface area contributed by atoms with Gasteiger partial charge >= 0.3 is 0 Å². The van der Waals surface area contributed by atoms with Crippen molar-refractivity contribution in [1.82, 2.24) is 12.3 Å². The Morgan fingerprint density at radius 2 is 0.346 bits per heavy atom. The van der Waals surface area contributed by atoms with Crippen LogP contribution in [-0.4, -0.2) is 81.0 Å². The van der Waals surface area contributed by atoms with E-state index in [0.29, 0.717) is 0 Å². The zero-order valence-electron chi connectivity index (χ0n) is 11.8. The molecular formula is H12N2O18Pt2S4-6. The summed E-state index contributed by atoms with van der Waals surface area (Å²) >= 11 is 0. The summed E-state index contributed by atoms with van der Waals surface area (Å²) in [6, 6.07) is 0. The van der Waals surface area contributed by atoms with E-state index in [9.17, 15) is 0 Å². The third kappa shape index (κ3) is 28600. The molecule has 26 heteroatoms. The van der Waals surface area contributed by atoms with Crippen LogP contribution in [-0.2, 0) is 83.7 Å². The van der Waals surface area contributed by atoms with Crippen LogP contribution in [0.5, 0.6) is 0 Å². The van der Waals surface area contributed by atoms with Crippen molar-refractivity contribution >= 4 is 41.6 Å². The monoisotopic (exact) mass is 846 g/mol. The van der Waals surface area contributed by atoms with Crippen molar-refractivity contribution in [2.45, 2.75) is 0 Å². The van der Waals surface area contributed by atoms with E-state index in [-0.39, 0.29) is 65.4 Å². The molecule has 20 nitrogen and oxygen atoms in total. The fraction of sp³-hybridized carbons (Fsp3) is 0. The Labute approximate surface area is 176 Å². The molecule has 0 bridgehead atoms. The number of hydrogen-bond acceptors (Lipinski definition) is 16. The van der Waals surface area contributed by atoms with Crippen LogP contribution < -0.4 is 12.3 Å². The predicted octanol–water partition coefficient (Wildman–Crippen LogP) is -6.25. The molecule has 0 saturated heterocycles. The molecule has 0 aromatic carbocycles. The molecular weight excluding hydrogens is 834 g/mol. The van der Waals surface area contributed by atoms with E-state index in [2.05, 4.69) is 0 Å². The average Bonchev–Trinajstić information content (AvgIpc) is 1.62. The Morgan fingerprint density at radius 3 is 0.346 bits per heavy atom. The fourth-order valence-electron chi connectivity index (χ4n) is 0. The molecule has 0 saturated carbocycles. The summed E-state index contributed by atoms with van der Waals surface area (Å²) in [5, 5.41) is 0. The molecule has 0 aromatic heterocycles. The number of quaternary nitrogens is 2. The van der Waals surface area contributed by atoms with Crippen molar-refractivity contribution in [2.24, 2.45) is 0 Å². The molecule has 0 aliphatic heterocycles. The van der Waals surface area contributed by atoms with Crippen LogP contribution >= 0.6 is 0 Å². The SMILES string of the molecule is O.O.O=S(=O)([O-])[O-].O=S(=O)([O-])[O-].O=S(=O)([O-])[O-].O=S(=O)([O-])[O-].[NH4+].[NH4+].[Pt].[Pt]. The van der Waals surface area contributed by atoms with Gasteiger partial charge < -0.3 is 59.7 Å². The van der Waals surface area contributed by atoms with E-state index in [1.54, 1.807) is 0 Å². The number of hydrogen-bond donors (Lipinski definition) is 2. The van der Waals surface area contributed by atoms with Crippen molar-refractivity contribution in [3.05, 3.63) is 0 Å². The van der Waals surface area contributed by atoms with Gasteiger partial charge in [-0.3, -0.25) is 33.7 Å². The largest absolute Gasteiger partial charge is 0.759 e. The van der Waals surface area contributed by atoms with Gasteiger partial charge in [0, 0.05) is 83.7 Å². The van der Waals surface area contributed by atoms with Crippen molar-refractivity contribution in [3.8, 4) is 0 Å². The minimum absolute atomic E-state index is 0. The molecule has 0 aromatic rings. The average molecular weight is 847 g/mol. The maximum atomic E-state index is 8.52. The Kier molecular flexibility index (Phi) is 62.5. The van der Waals surface area contributed by atoms with Gasteiger partial charge in [0.1, 0.15) is 0 Å². The van der Waals surface area contributed by atoms with Crippen LogP contribution in [0.3, 0.4) is 0 Å². The molecule has 0 rings (SSSR count). The molecule has 26 heavy (non-hydrogen) atoms. The summed E-state index contributed by atoms with van der Waals surface area (Å²) in [5.74, 6) is 0. The molecule has 0 atom stereocenters. The second kappa shape index (κ2) is 25.7. The van der Waals surface area contributed by atoms with Gasteiger partial charge in [0.2, 0.25) is 0 Å². The fourth-order valence-corrected chi connectivity index (χ4v) is 0. The minimum atomic E-state index is -5.17. The van der Waals surface area contributed by atoms with E-state index >= 15 is 0 Å². The van der Waals surface area contributed by atoms with Gasteiger partial charge in [-0.05, 0) is 0 Å². The molecule has 0 aliphatic carbocycles. The van der Waals surface area contributed by atoms with Crippen LogP contribution in [0.2, 0.25) is 0 Å². The topological polar surface area (TPSA) is 457 Å². The third-order valence-electron chi connectivity index (χ3n) is 0. The van der Waals surface area contributed by atoms with E-state index in [1.165, 1.54) is 0 Å². The second-order valence-electron chi connectivity index (χ2n) is 1.63. The molecule has 0 radical (unpaired) electrons. The van der Waals surface area contributed by atoms with Gasteiger partial charge in [0.15, 0.2) is 0 Å². The predicted molar refractivity (Wildman–Crippen MR) is 61.1 cm³/mol. The van der Waals surface area contributed by atoms with Gasteiger partial charge in [-0.1, -0.05) is 0 Å². The normalized spacial score (nSPS) is 8.92. The second-order valence-corrected chi connectivity index (χ2v) is 4.90. The van der Waals surface area contributed by atoms with Gasteiger partial charge in [-0.15, -0.1) is 0 Å². The van der Waals surface area contributed by atoms with Gasteiger partial charge in [0.25, 0.3) is 0 Å². The molecule has 12 N–H and O–H groups in total. The molecule has 0 spiro atoms. The molecule has 0 fully saturated rings. The number of rotatable bonds is 0. The van der Waals surface area contributed by atoms with E-state index in [1.807, 2.05) is 0 Å². The van der Waals surface area contributed by atoms with Crippen molar-refractivity contribution in [1.29, 1.82) is 0 Å². The van der Waals surface area contributed by atoms with E-state index in [4.69, 9.17) is 70.1 Å². The first-order valence-electron chi connectivity index (χ1n) is 2.67. The summed E-state index contributed by atoms with van der Waals surface area (Å²) in [5.41, 5.74) is 0. The molecule has 0 amide bonds. The first-order chi connectivity index (χ1) is 8.00. The Balaban J connectivity index is -0.0000000152. The van der Waals surface area contributed by atoms with Crippen LogP contribution in [0.25, 0.3) is 0 Å². The van der Waals surface area contributed by atoms with Crippen LogP contribution in [0.1, 0.15) is 0 Å². The maximum absolute atomic E-state index is 8.52.